The Labute approximate surface area is 134 Å². The molecule has 0 bridgehead atoms. The second-order valence-corrected chi connectivity index (χ2v) is 9.43. The first-order chi connectivity index (χ1) is 10.5. The molecule has 5 rings (SSSR count). The van der Waals surface area contributed by atoms with Crippen molar-refractivity contribution < 1.29 is 9.84 Å². The van der Waals surface area contributed by atoms with Gasteiger partial charge in [-0.2, -0.15) is 0 Å². The second-order valence-electron chi connectivity index (χ2n) is 9.43. The largest absolute Gasteiger partial charge is 0.393 e. The maximum Gasteiger partial charge on any atom is 0.0972 e. The van der Waals surface area contributed by atoms with E-state index in [9.17, 15) is 5.11 Å². The summed E-state index contributed by atoms with van der Waals surface area (Å²) in [4.78, 5) is 0. The summed E-state index contributed by atoms with van der Waals surface area (Å²) in [5.74, 6) is 2.59. The van der Waals surface area contributed by atoms with Crippen LogP contribution in [-0.2, 0) is 4.74 Å². The van der Waals surface area contributed by atoms with Gasteiger partial charge in [-0.15, -0.1) is 0 Å². The predicted molar refractivity (Wildman–Crippen MR) is 86.4 cm³/mol. The van der Waals surface area contributed by atoms with E-state index in [1.165, 1.54) is 38.5 Å². The summed E-state index contributed by atoms with van der Waals surface area (Å²) in [6.07, 6.45) is 12.3. The fourth-order valence-electron chi connectivity index (χ4n) is 7.30. The van der Waals surface area contributed by atoms with Crippen LogP contribution in [0.5, 0.6) is 0 Å². The zero-order valence-electron chi connectivity index (χ0n) is 14.1. The molecule has 0 unspecified atom stereocenters. The van der Waals surface area contributed by atoms with Gasteiger partial charge in [0.05, 0.1) is 18.3 Å². The summed E-state index contributed by atoms with van der Waals surface area (Å²) >= 11 is 0. The van der Waals surface area contributed by atoms with Gasteiger partial charge in [-0.3, -0.25) is 0 Å². The van der Waals surface area contributed by atoms with Crippen molar-refractivity contribution in [2.24, 2.45) is 28.6 Å². The summed E-state index contributed by atoms with van der Waals surface area (Å²) in [5.41, 5.74) is 2.69. The van der Waals surface area contributed by atoms with Crippen molar-refractivity contribution in [2.75, 3.05) is 6.61 Å². The van der Waals surface area contributed by atoms with Crippen molar-refractivity contribution in [2.45, 2.75) is 76.9 Å². The number of epoxide rings is 1. The van der Waals surface area contributed by atoms with Crippen molar-refractivity contribution in [3.8, 4) is 0 Å². The van der Waals surface area contributed by atoms with E-state index in [1.807, 2.05) is 0 Å². The van der Waals surface area contributed by atoms with Gasteiger partial charge in [-0.1, -0.05) is 25.5 Å². The molecule has 0 aromatic rings. The van der Waals surface area contributed by atoms with E-state index in [1.54, 1.807) is 5.57 Å². The highest BCUT2D eigenvalue weighted by atomic mass is 16.6. The Kier molecular flexibility index (Phi) is 2.67. The van der Waals surface area contributed by atoms with E-state index >= 15 is 0 Å². The monoisotopic (exact) mass is 302 g/mol. The third kappa shape index (κ3) is 1.54. The van der Waals surface area contributed by atoms with Gasteiger partial charge in [0.15, 0.2) is 0 Å². The Morgan fingerprint density at radius 1 is 1.09 bits per heavy atom. The Morgan fingerprint density at radius 3 is 2.64 bits per heavy atom. The van der Waals surface area contributed by atoms with Crippen LogP contribution in [0.3, 0.4) is 0 Å². The molecule has 4 fully saturated rings. The summed E-state index contributed by atoms with van der Waals surface area (Å²) < 4.78 is 6.01. The molecule has 0 radical (unpaired) electrons. The van der Waals surface area contributed by atoms with Gasteiger partial charge >= 0.3 is 0 Å². The number of hydrogen-bond acceptors (Lipinski definition) is 2. The van der Waals surface area contributed by atoms with Gasteiger partial charge in [0.25, 0.3) is 0 Å². The molecule has 2 nitrogen and oxygen atoms in total. The standard InChI is InChI=1S/C20H30O2/c1-18-8-5-14(21)11-13(18)3-4-15-16(18)6-9-19(2)17(15)7-10-20(19)12-22-20/h3,14-17,21H,4-12H2,1-2H3/t14-,15+,16-,17+,18+,19+,20-/m1/s1. The molecule has 122 valence electrons. The van der Waals surface area contributed by atoms with Crippen LogP contribution in [0.25, 0.3) is 0 Å². The SMILES string of the molecule is C[C@]12CC[C@@H](O)CC1=CC[C@H]1[C@H]2CC[C@@]2(C)[C@H]1CC[C@@]21CO1. The molecule has 2 heteroatoms. The van der Waals surface area contributed by atoms with Crippen molar-refractivity contribution in [3.63, 3.8) is 0 Å². The molecule has 3 saturated carbocycles. The van der Waals surface area contributed by atoms with Gasteiger partial charge in [-0.05, 0) is 74.5 Å². The first-order valence-electron chi connectivity index (χ1n) is 9.50. The van der Waals surface area contributed by atoms with E-state index in [2.05, 4.69) is 19.9 Å². The molecule has 1 N–H and O–H groups in total. The lowest BCUT2D eigenvalue weighted by molar-refractivity contribution is -0.0556. The highest BCUT2D eigenvalue weighted by Crippen LogP contribution is 2.70. The van der Waals surface area contributed by atoms with Crippen LogP contribution in [0, 0.1) is 28.6 Å². The van der Waals surface area contributed by atoms with Crippen LogP contribution in [0.1, 0.15) is 65.2 Å². The molecule has 7 atom stereocenters. The van der Waals surface area contributed by atoms with Crippen LogP contribution in [0.4, 0.5) is 0 Å². The van der Waals surface area contributed by atoms with Crippen molar-refractivity contribution in [1.29, 1.82) is 0 Å². The molecule has 1 aliphatic heterocycles. The zero-order valence-corrected chi connectivity index (χ0v) is 14.1. The molecular weight excluding hydrogens is 272 g/mol. The van der Waals surface area contributed by atoms with Crippen LogP contribution < -0.4 is 0 Å². The number of ether oxygens (including phenoxy) is 1. The Bertz CT molecular complexity index is 534. The van der Waals surface area contributed by atoms with Crippen LogP contribution in [0.15, 0.2) is 11.6 Å². The average molecular weight is 302 g/mol. The van der Waals surface area contributed by atoms with Gasteiger partial charge in [0, 0.05) is 5.41 Å². The molecule has 1 heterocycles. The normalized spacial score (nSPS) is 59.5. The minimum absolute atomic E-state index is 0.0839. The number of rotatable bonds is 0. The Hall–Kier alpha value is -0.340. The maximum atomic E-state index is 10.1. The molecule has 1 saturated heterocycles. The highest BCUT2D eigenvalue weighted by molar-refractivity contribution is 5.27. The maximum absolute atomic E-state index is 10.1. The Balaban J connectivity index is 1.51. The molecule has 0 aromatic heterocycles. The lowest BCUT2D eigenvalue weighted by atomic mass is 9.47. The summed E-state index contributed by atoms with van der Waals surface area (Å²) in [6.45, 7) is 6.09. The van der Waals surface area contributed by atoms with E-state index in [4.69, 9.17) is 4.74 Å². The molecule has 0 aromatic carbocycles. The number of allylic oxidation sites excluding steroid dienone is 1. The molecule has 0 amide bonds. The fourth-order valence-corrected chi connectivity index (χ4v) is 7.30. The molecule has 5 aliphatic rings. The fraction of sp³-hybridized carbons (Fsp3) is 0.900. The lowest BCUT2D eigenvalue weighted by Crippen LogP contribution is -2.51. The predicted octanol–water partition coefficient (Wildman–Crippen LogP) is 4.08. The number of aliphatic hydroxyl groups is 1. The molecule has 1 spiro atoms. The minimum Gasteiger partial charge on any atom is -0.393 e. The van der Waals surface area contributed by atoms with Crippen molar-refractivity contribution in [3.05, 3.63) is 11.6 Å². The molecule has 22 heavy (non-hydrogen) atoms. The summed E-state index contributed by atoms with van der Waals surface area (Å²) in [6, 6.07) is 0. The van der Waals surface area contributed by atoms with Gasteiger partial charge < -0.3 is 9.84 Å². The van der Waals surface area contributed by atoms with E-state index in [0.29, 0.717) is 10.8 Å². The lowest BCUT2D eigenvalue weighted by Gasteiger charge is -2.57. The zero-order chi connectivity index (χ0) is 15.2. The number of fused-ring (bicyclic) bond motifs is 6. The van der Waals surface area contributed by atoms with Gasteiger partial charge in [0.2, 0.25) is 0 Å². The van der Waals surface area contributed by atoms with E-state index in [0.717, 1.165) is 37.2 Å². The van der Waals surface area contributed by atoms with Crippen molar-refractivity contribution >= 4 is 0 Å². The smallest absolute Gasteiger partial charge is 0.0972 e. The minimum atomic E-state index is -0.0839. The third-order valence-corrected chi connectivity index (χ3v) is 8.86. The quantitative estimate of drug-likeness (QED) is 0.540. The molecule has 4 aliphatic carbocycles. The topological polar surface area (TPSA) is 32.8 Å². The first-order valence-corrected chi connectivity index (χ1v) is 9.50. The van der Waals surface area contributed by atoms with Crippen LogP contribution in [-0.4, -0.2) is 23.4 Å². The summed E-state index contributed by atoms with van der Waals surface area (Å²) in [7, 11) is 0. The molecular formula is C20H30O2. The first kappa shape index (κ1) is 14.0. The van der Waals surface area contributed by atoms with Gasteiger partial charge in [-0.25, -0.2) is 0 Å². The van der Waals surface area contributed by atoms with Crippen molar-refractivity contribution in [1.82, 2.24) is 0 Å². The number of aliphatic hydroxyl groups excluding tert-OH is 1. The second kappa shape index (κ2) is 4.19. The number of hydrogen-bond donors (Lipinski definition) is 1. The van der Waals surface area contributed by atoms with Crippen LogP contribution in [0.2, 0.25) is 0 Å². The van der Waals surface area contributed by atoms with Gasteiger partial charge in [0.1, 0.15) is 0 Å². The third-order valence-electron chi connectivity index (χ3n) is 8.86. The van der Waals surface area contributed by atoms with Crippen LogP contribution >= 0.6 is 0 Å². The highest BCUT2D eigenvalue weighted by Gasteiger charge is 2.69. The summed E-state index contributed by atoms with van der Waals surface area (Å²) in [5, 5.41) is 10.1. The van der Waals surface area contributed by atoms with E-state index in [-0.39, 0.29) is 11.7 Å². The average Bonchev–Trinajstić information content (AvgIpc) is 3.22. The van der Waals surface area contributed by atoms with E-state index < -0.39 is 0 Å². The Morgan fingerprint density at radius 2 is 1.86 bits per heavy atom.